The molecule has 0 saturated heterocycles. The Morgan fingerprint density at radius 2 is 0.714 bits per heavy atom. The van der Waals surface area contributed by atoms with E-state index in [2.05, 4.69) is 287 Å². The van der Waals surface area contributed by atoms with E-state index < -0.39 is 5.41 Å². The Kier molecular flexibility index (Phi) is 9.11. The third-order valence-electron chi connectivity index (χ3n) is 14.8. The van der Waals surface area contributed by atoms with Gasteiger partial charge in [0, 0.05) is 50.3 Å². The second-order valence-corrected chi connectivity index (χ2v) is 18.4. The molecule has 0 fully saturated rings. The van der Waals surface area contributed by atoms with Crippen LogP contribution in [0.1, 0.15) is 22.3 Å². The number of hydrogen-bond donors (Lipinski definition) is 0. The number of benzene rings is 11. The molecule has 0 radical (unpaired) electrons. The van der Waals surface area contributed by atoms with E-state index in [1.807, 2.05) is 0 Å². The van der Waals surface area contributed by atoms with Crippen LogP contribution in [0, 0.1) is 0 Å². The van der Waals surface area contributed by atoms with Crippen molar-refractivity contribution >= 4 is 55.9 Å². The summed E-state index contributed by atoms with van der Waals surface area (Å²) in [6, 6.07) is 100. The summed E-state index contributed by atoms with van der Waals surface area (Å²) in [5, 5.41) is 2.46. The van der Waals surface area contributed by atoms with Gasteiger partial charge in [0.15, 0.2) is 0 Å². The lowest BCUT2D eigenvalue weighted by Gasteiger charge is -2.38. The molecule has 11 aromatic carbocycles. The minimum absolute atomic E-state index is 0.710. The van der Waals surface area contributed by atoms with Crippen molar-refractivity contribution in [3.8, 4) is 39.1 Å². The lowest BCUT2D eigenvalue weighted by molar-refractivity contribution is 0.792. The van der Waals surface area contributed by atoms with Crippen LogP contribution >= 0.6 is 0 Å². The van der Waals surface area contributed by atoms with Gasteiger partial charge in [0.2, 0.25) is 0 Å². The van der Waals surface area contributed by atoms with E-state index in [4.69, 9.17) is 0 Å². The molecule has 2 aliphatic rings. The van der Waals surface area contributed by atoms with Crippen LogP contribution in [0.2, 0.25) is 0 Å². The third kappa shape index (κ3) is 5.88. The molecular formula is C67H45N3. The summed E-state index contributed by atoms with van der Waals surface area (Å²) in [5.41, 5.74) is 21.9. The molecule has 70 heavy (non-hydrogen) atoms. The van der Waals surface area contributed by atoms with Crippen molar-refractivity contribution in [1.29, 1.82) is 0 Å². The van der Waals surface area contributed by atoms with Crippen LogP contribution in [0.3, 0.4) is 0 Å². The highest BCUT2D eigenvalue weighted by molar-refractivity contribution is 6.11. The van der Waals surface area contributed by atoms with E-state index in [0.717, 1.165) is 45.3 Å². The van der Waals surface area contributed by atoms with Crippen molar-refractivity contribution in [3.05, 3.63) is 295 Å². The van der Waals surface area contributed by atoms with Crippen molar-refractivity contribution in [3.63, 3.8) is 0 Å². The van der Waals surface area contributed by atoms with Crippen LogP contribution in [0.5, 0.6) is 0 Å². The highest BCUT2D eigenvalue weighted by atomic mass is 15.2. The summed E-state index contributed by atoms with van der Waals surface area (Å²) < 4.78 is 2.42. The Bertz CT molecular complexity index is 3920. The van der Waals surface area contributed by atoms with E-state index >= 15 is 0 Å². The van der Waals surface area contributed by atoms with Gasteiger partial charge in [-0.25, -0.2) is 0 Å². The second-order valence-electron chi connectivity index (χ2n) is 18.4. The van der Waals surface area contributed by atoms with Crippen molar-refractivity contribution < 1.29 is 0 Å². The summed E-state index contributed by atoms with van der Waals surface area (Å²) in [5.74, 6) is 0. The molecule has 1 aromatic heterocycles. The molecule has 14 rings (SSSR count). The lowest BCUT2D eigenvalue weighted by Crippen LogP contribution is -2.30. The maximum Gasteiger partial charge on any atom is 0.0766 e. The van der Waals surface area contributed by atoms with E-state index in [-0.39, 0.29) is 0 Å². The molecule has 0 saturated carbocycles. The fourth-order valence-electron chi connectivity index (χ4n) is 12.0. The molecule has 0 bridgehead atoms. The smallest absolute Gasteiger partial charge is 0.0766 e. The zero-order valence-corrected chi connectivity index (χ0v) is 38.3. The van der Waals surface area contributed by atoms with E-state index in [1.54, 1.807) is 0 Å². The molecule has 0 amide bonds. The fraction of sp³-hybridized carbons (Fsp3) is 0.0149. The number of hydrogen-bond acceptors (Lipinski definition) is 2. The van der Waals surface area contributed by atoms with Gasteiger partial charge < -0.3 is 14.4 Å². The molecule has 12 aromatic rings. The second kappa shape index (κ2) is 16.0. The maximum atomic E-state index is 2.51. The first-order chi connectivity index (χ1) is 34.8. The zero-order chi connectivity index (χ0) is 46.2. The number of anilines is 6. The molecule has 3 nitrogen and oxygen atoms in total. The quantitative estimate of drug-likeness (QED) is 0.151. The Hall–Kier alpha value is -9.18. The van der Waals surface area contributed by atoms with Crippen molar-refractivity contribution in [1.82, 2.24) is 4.57 Å². The summed E-state index contributed by atoms with van der Waals surface area (Å²) in [7, 11) is 0. The summed E-state index contributed by atoms with van der Waals surface area (Å²) in [4.78, 5) is 5.00. The van der Waals surface area contributed by atoms with Gasteiger partial charge in [0.25, 0.3) is 0 Å². The molecule has 328 valence electrons. The highest BCUT2D eigenvalue weighted by Gasteiger charge is 2.55. The fourth-order valence-corrected chi connectivity index (χ4v) is 12.0. The van der Waals surface area contributed by atoms with E-state index in [0.29, 0.717) is 0 Å². The number of rotatable bonds is 8. The summed E-state index contributed by atoms with van der Waals surface area (Å²) in [6.45, 7) is 0. The van der Waals surface area contributed by atoms with Crippen LogP contribution in [0.15, 0.2) is 273 Å². The van der Waals surface area contributed by atoms with Crippen molar-refractivity contribution in [2.75, 3.05) is 9.80 Å². The third-order valence-corrected chi connectivity index (χ3v) is 14.8. The molecule has 1 spiro atoms. The van der Waals surface area contributed by atoms with Gasteiger partial charge in [-0.1, -0.05) is 194 Å². The molecule has 3 heteroatoms. The molecular weight excluding hydrogens is 847 g/mol. The highest BCUT2D eigenvalue weighted by Crippen LogP contribution is 2.67. The van der Waals surface area contributed by atoms with Crippen LogP contribution in [-0.2, 0) is 5.41 Å². The van der Waals surface area contributed by atoms with Gasteiger partial charge in [-0.05, 0) is 123 Å². The van der Waals surface area contributed by atoms with Gasteiger partial charge in [-0.15, -0.1) is 0 Å². The topological polar surface area (TPSA) is 11.4 Å². The lowest BCUT2D eigenvalue weighted by atomic mass is 9.69. The first-order valence-corrected chi connectivity index (χ1v) is 24.2. The maximum absolute atomic E-state index is 2.51. The zero-order valence-electron chi connectivity index (χ0n) is 38.3. The molecule has 1 unspecified atom stereocenters. The van der Waals surface area contributed by atoms with Gasteiger partial charge in [0.05, 0.1) is 27.8 Å². The van der Waals surface area contributed by atoms with E-state index in [9.17, 15) is 0 Å². The molecule has 1 heterocycles. The Morgan fingerprint density at radius 3 is 1.31 bits per heavy atom. The van der Waals surface area contributed by atoms with Crippen LogP contribution in [-0.4, -0.2) is 4.57 Å². The molecule has 1 atom stereocenters. The van der Waals surface area contributed by atoms with Gasteiger partial charge in [-0.3, -0.25) is 0 Å². The molecule has 0 aliphatic heterocycles. The average molecular weight is 892 g/mol. The molecule has 2 aliphatic carbocycles. The Labute approximate surface area is 408 Å². The first kappa shape index (κ1) is 39.9. The number of fused-ring (bicyclic) bond motifs is 13. The summed E-state index contributed by atoms with van der Waals surface area (Å²) in [6.07, 6.45) is 0. The minimum Gasteiger partial charge on any atom is -0.310 e. The van der Waals surface area contributed by atoms with Crippen molar-refractivity contribution in [2.24, 2.45) is 0 Å². The van der Waals surface area contributed by atoms with Crippen LogP contribution < -0.4 is 9.80 Å². The minimum atomic E-state index is -0.710. The average Bonchev–Trinajstić information content (AvgIpc) is 4.05. The predicted molar refractivity (Wildman–Crippen MR) is 292 cm³/mol. The monoisotopic (exact) mass is 891 g/mol. The first-order valence-electron chi connectivity index (χ1n) is 24.2. The van der Waals surface area contributed by atoms with Gasteiger partial charge in [-0.2, -0.15) is 0 Å². The Morgan fingerprint density at radius 1 is 0.286 bits per heavy atom. The normalized spacial score (nSPS) is 14.1. The number of aromatic nitrogens is 1. The van der Waals surface area contributed by atoms with Crippen LogP contribution in [0.25, 0.3) is 60.9 Å². The summed E-state index contributed by atoms with van der Waals surface area (Å²) >= 11 is 0. The SMILES string of the molecule is c1ccc(-c2ccc(N(c3ccccc3)c3cccc4c3C3(c5ccccc5-4)c4ccccc4-c4cccc(N(c5ccccc5)c5ccc6c7ccccc7n(-c7ccccc7)c6c5)c43)cc2)cc1. The van der Waals surface area contributed by atoms with Gasteiger partial charge in [0.1, 0.15) is 0 Å². The number of nitrogens with zero attached hydrogens (tertiary/aromatic N) is 3. The van der Waals surface area contributed by atoms with Gasteiger partial charge >= 0.3 is 0 Å². The number of para-hydroxylation sites is 4. The Balaban J connectivity index is 1.07. The van der Waals surface area contributed by atoms with Crippen LogP contribution in [0.4, 0.5) is 34.1 Å². The van der Waals surface area contributed by atoms with E-state index in [1.165, 1.54) is 71.9 Å². The molecule has 0 N–H and O–H groups in total. The standard InChI is InChI=1S/C67H45N3/c1-5-21-46(22-6-1)47-39-41-51(42-40-47)68(48-23-7-2-8-24-48)62-37-19-32-57-53-29-13-16-34-59(53)67(65(57)62)60-35-17-14-30-54(60)58-33-20-38-63(66(58)67)69(49-25-9-3-10-26-49)52-43-44-56-55-31-15-18-36-61(55)70(64(56)45-52)50-27-11-4-12-28-50/h1-45H. The largest absolute Gasteiger partial charge is 0.310 e. The predicted octanol–water partition coefficient (Wildman–Crippen LogP) is 17.7. The van der Waals surface area contributed by atoms with Crippen molar-refractivity contribution in [2.45, 2.75) is 5.41 Å².